The van der Waals surface area contributed by atoms with Crippen LogP contribution in [0.25, 0.3) is 0 Å². The normalized spacial score (nSPS) is 21.6. The number of piperidine rings is 1. The van der Waals surface area contributed by atoms with Gasteiger partial charge < -0.3 is 5.73 Å². The number of benzene rings is 1. The molecule has 8 nitrogen and oxygen atoms in total. The van der Waals surface area contributed by atoms with Gasteiger partial charge in [-0.1, -0.05) is 0 Å². The molecule has 0 radical (unpaired) electrons. The van der Waals surface area contributed by atoms with E-state index in [1.165, 1.54) is 8.61 Å². The molecule has 1 aromatic carbocycles. The highest BCUT2D eigenvalue weighted by Crippen LogP contribution is 2.33. The summed E-state index contributed by atoms with van der Waals surface area (Å²) in [6, 6.07) is 3.28. The average Bonchev–Trinajstić information content (AvgIpc) is 2.60. The third-order valence-electron chi connectivity index (χ3n) is 5.54. The molecule has 0 unspecified atom stereocenters. The second kappa shape index (κ2) is 7.64. The molecule has 2 N–H and O–H groups in total. The van der Waals surface area contributed by atoms with Gasteiger partial charge >= 0.3 is 0 Å². The summed E-state index contributed by atoms with van der Waals surface area (Å²) in [5.41, 5.74) is 6.89. The highest BCUT2D eigenvalue weighted by atomic mass is 32.2. The first-order chi connectivity index (χ1) is 13.0. The van der Waals surface area contributed by atoms with Crippen molar-refractivity contribution >= 4 is 31.6 Å². The molecule has 2 saturated heterocycles. The average molecular weight is 430 g/mol. The van der Waals surface area contributed by atoms with Gasteiger partial charge in [0.25, 0.3) is 0 Å². The first-order valence-electron chi connectivity index (χ1n) is 9.45. The Morgan fingerprint density at radius 1 is 1.07 bits per heavy atom. The maximum atomic E-state index is 13.2. The summed E-state index contributed by atoms with van der Waals surface area (Å²) in [6.07, 6.45) is 2.25. The van der Waals surface area contributed by atoms with Crippen LogP contribution in [-0.4, -0.2) is 52.4 Å². The molecule has 2 fully saturated rings. The molecule has 2 heterocycles. The van der Waals surface area contributed by atoms with E-state index in [1.807, 2.05) is 0 Å². The van der Waals surface area contributed by atoms with Crippen molar-refractivity contribution in [3.63, 3.8) is 0 Å². The van der Waals surface area contributed by atoms with Crippen molar-refractivity contribution in [1.82, 2.24) is 4.31 Å². The molecular formula is C18H27N3O5S2. The fourth-order valence-corrected chi connectivity index (χ4v) is 7.57. The fourth-order valence-electron chi connectivity index (χ4n) is 4.07. The molecule has 156 valence electrons. The van der Waals surface area contributed by atoms with E-state index >= 15 is 0 Å². The largest absolute Gasteiger partial charge is 0.369 e. The molecule has 0 aliphatic carbocycles. The highest BCUT2D eigenvalue weighted by Gasteiger charge is 2.34. The Balaban J connectivity index is 1.92. The Labute approximate surface area is 166 Å². The first kappa shape index (κ1) is 21.1. The van der Waals surface area contributed by atoms with Crippen LogP contribution in [0, 0.1) is 19.8 Å². The third-order valence-corrected chi connectivity index (χ3v) is 9.61. The molecule has 1 aromatic rings. The molecule has 0 aromatic heterocycles. The number of hydrogen-bond donors (Lipinski definition) is 1. The van der Waals surface area contributed by atoms with Crippen LogP contribution in [0.4, 0.5) is 5.69 Å². The van der Waals surface area contributed by atoms with Crippen molar-refractivity contribution in [2.45, 2.75) is 44.4 Å². The lowest BCUT2D eigenvalue weighted by Gasteiger charge is -2.32. The molecule has 2 aliphatic heterocycles. The lowest BCUT2D eigenvalue weighted by Crippen LogP contribution is -2.42. The van der Waals surface area contributed by atoms with E-state index in [-0.39, 0.29) is 29.7 Å². The number of amides is 1. The lowest BCUT2D eigenvalue weighted by atomic mass is 9.98. The maximum Gasteiger partial charge on any atom is 0.243 e. The Morgan fingerprint density at radius 2 is 1.64 bits per heavy atom. The molecule has 0 saturated carbocycles. The summed E-state index contributed by atoms with van der Waals surface area (Å²) in [6.45, 7) is 4.29. The lowest BCUT2D eigenvalue weighted by molar-refractivity contribution is -0.122. The van der Waals surface area contributed by atoms with Gasteiger partial charge in [0, 0.05) is 25.6 Å². The van der Waals surface area contributed by atoms with Crippen LogP contribution in [0.15, 0.2) is 17.0 Å². The minimum atomic E-state index is -3.74. The Bertz CT molecular complexity index is 957. The van der Waals surface area contributed by atoms with Crippen molar-refractivity contribution in [3.8, 4) is 0 Å². The highest BCUT2D eigenvalue weighted by molar-refractivity contribution is 7.92. The second-order valence-corrected chi connectivity index (χ2v) is 11.5. The molecule has 0 bridgehead atoms. The molecule has 2 aliphatic rings. The Hall–Kier alpha value is -1.65. The quantitative estimate of drug-likeness (QED) is 0.769. The molecular weight excluding hydrogens is 402 g/mol. The summed E-state index contributed by atoms with van der Waals surface area (Å²) >= 11 is 0. The van der Waals surface area contributed by atoms with E-state index in [2.05, 4.69) is 0 Å². The van der Waals surface area contributed by atoms with E-state index in [9.17, 15) is 21.6 Å². The Morgan fingerprint density at radius 3 is 2.14 bits per heavy atom. The van der Waals surface area contributed by atoms with Crippen LogP contribution in [0.3, 0.4) is 0 Å². The summed E-state index contributed by atoms with van der Waals surface area (Å²) in [7, 11) is -7.10. The van der Waals surface area contributed by atoms with E-state index in [1.54, 1.807) is 26.0 Å². The zero-order valence-electron chi connectivity index (χ0n) is 16.2. The summed E-state index contributed by atoms with van der Waals surface area (Å²) in [4.78, 5) is 11.5. The number of sulfonamides is 2. The van der Waals surface area contributed by atoms with Gasteiger partial charge in [0.15, 0.2) is 0 Å². The van der Waals surface area contributed by atoms with Crippen molar-refractivity contribution in [2.24, 2.45) is 11.7 Å². The van der Waals surface area contributed by atoms with Crippen LogP contribution < -0.4 is 10.0 Å². The van der Waals surface area contributed by atoms with E-state index in [0.717, 1.165) is 6.42 Å². The topological polar surface area (TPSA) is 118 Å². The Kier molecular flexibility index (Phi) is 5.75. The number of carbonyl (C=O) groups excluding carboxylic acids is 1. The van der Waals surface area contributed by atoms with Crippen LogP contribution in [0.5, 0.6) is 0 Å². The van der Waals surface area contributed by atoms with Gasteiger partial charge in [-0.2, -0.15) is 4.31 Å². The van der Waals surface area contributed by atoms with Gasteiger partial charge in [-0.05, 0) is 62.8 Å². The predicted octanol–water partition coefficient (Wildman–Crippen LogP) is 1.12. The molecule has 10 heteroatoms. The van der Waals surface area contributed by atoms with Gasteiger partial charge in [0.05, 0.1) is 16.3 Å². The van der Waals surface area contributed by atoms with E-state index in [0.29, 0.717) is 42.6 Å². The van der Waals surface area contributed by atoms with Gasteiger partial charge in [-0.15, -0.1) is 0 Å². The smallest absolute Gasteiger partial charge is 0.243 e. The number of hydrogen-bond acceptors (Lipinski definition) is 5. The molecule has 1 amide bonds. The minimum absolute atomic E-state index is 0.111. The van der Waals surface area contributed by atoms with Crippen LogP contribution in [0.2, 0.25) is 0 Å². The zero-order chi connectivity index (χ0) is 20.7. The van der Waals surface area contributed by atoms with Gasteiger partial charge in [0.1, 0.15) is 0 Å². The third kappa shape index (κ3) is 3.90. The first-order valence-corrected chi connectivity index (χ1v) is 12.5. The second-order valence-electron chi connectivity index (χ2n) is 7.58. The number of nitrogens with two attached hydrogens (primary N) is 1. The van der Waals surface area contributed by atoms with Crippen LogP contribution >= 0.6 is 0 Å². The fraction of sp³-hybridized carbons (Fsp3) is 0.611. The van der Waals surface area contributed by atoms with Crippen molar-refractivity contribution in [1.29, 1.82) is 0 Å². The predicted molar refractivity (Wildman–Crippen MR) is 107 cm³/mol. The SMILES string of the molecule is Cc1cc(N2CCCCS2(=O)=O)cc(C)c1S(=O)(=O)N1CCC(C(N)=O)CC1. The van der Waals surface area contributed by atoms with Crippen LogP contribution in [0.1, 0.15) is 36.8 Å². The molecule has 0 atom stereocenters. The van der Waals surface area contributed by atoms with Gasteiger partial charge in [-0.25, -0.2) is 16.8 Å². The number of aryl methyl sites for hydroxylation is 2. The summed E-state index contributed by atoms with van der Waals surface area (Å²) in [5.74, 6) is -0.572. The number of rotatable bonds is 4. The standard InChI is InChI=1S/C18H27N3O5S2/c1-13-11-16(21-7-3-4-10-27(21,23)24)12-14(2)17(13)28(25,26)20-8-5-15(6-9-20)18(19)22/h11-12,15H,3-10H2,1-2H3,(H2,19,22). The summed E-state index contributed by atoms with van der Waals surface area (Å²) in [5, 5.41) is 0. The number of anilines is 1. The van der Waals surface area contributed by atoms with Crippen molar-refractivity contribution in [2.75, 3.05) is 29.7 Å². The van der Waals surface area contributed by atoms with Gasteiger partial charge in [0.2, 0.25) is 26.0 Å². The number of primary amides is 1. The van der Waals surface area contributed by atoms with E-state index in [4.69, 9.17) is 5.73 Å². The molecule has 3 rings (SSSR count). The van der Waals surface area contributed by atoms with E-state index < -0.39 is 26.0 Å². The maximum absolute atomic E-state index is 13.2. The summed E-state index contributed by atoms with van der Waals surface area (Å²) < 4.78 is 53.9. The van der Waals surface area contributed by atoms with Crippen molar-refractivity contribution in [3.05, 3.63) is 23.3 Å². The monoisotopic (exact) mass is 429 g/mol. The molecule has 28 heavy (non-hydrogen) atoms. The molecule has 0 spiro atoms. The van der Waals surface area contributed by atoms with Gasteiger partial charge in [-0.3, -0.25) is 9.10 Å². The van der Waals surface area contributed by atoms with Crippen LogP contribution in [-0.2, 0) is 24.8 Å². The number of carbonyl (C=O) groups is 1. The minimum Gasteiger partial charge on any atom is -0.369 e. The van der Waals surface area contributed by atoms with Crippen molar-refractivity contribution < 1.29 is 21.6 Å². The number of nitrogens with zero attached hydrogens (tertiary/aromatic N) is 2. The zero-order valence-corrected chi connectivity index (χ0v) is 17.9.